The number of para-hydroxylation sites is 1. The lowest BCUT2D eigenvalue weighted by Crippen LogP contribution is -1.96. The molecule has 2 aromatic rings. The summed E-state index contributed by atoms with van der Waals surface area (Å²) in [5, 5.41) is 3.23. The minimum atomic E-state index is 0.794. The minimum Gasteiger partial charge on any atom is -0.497 e. The lowest BCUT2D eigenvalue weighted by molar-refractivity contribution is 0.414. The average Bonchev–Trinajstić information content (AvgIpc) is 2.29. The number of rotatable bonds is 3. The molecule has 0 atom stereocenters. The summed E-state index contributed by atoms with van der Waals surface area (Å²) in [5.74, 6) is 1.61. The normalized spacial score (nSPS) is 9.88. The van der Waals surface area contributed by atoms with Crippen molar-refractivity contribution in [1.29, 1.82) is 0 Å². The van der Waals surface area contributed by atoms with Gasteiger partial charge in [-0.15, -0.1) is 0 Å². The number of hydrogen-bond donors (Lipinski definition) is 1. The summed E-state index contributed by atoms with van der Waals surface area (Å²) in [4.78, 5) is 4.39. The third kappa shape index (κ3) is 2.51. The van der Waals surface area contributed by atoms with Gasteiger partial charge in [0.2, 0.25) is 0 Å². The fraction of sp³-hybridized carbons (Fsp3) is 0.154. The number of nitrogens with zero attached hydrogens (tertiary/aromatic N) is 1. The van der Waals surface area contributed by atoms with Crippen LogP contribution in [0.25, 0.3) is 0 Å². The SMILES string of the molecule is COc1cc(C)nc(Nc2ccccc2)c1. The molecule has 2 rings (SSSR count). The summed E-state index contributed by atoms with van der Waals surface area (Å²) < 4.78 is 5.19. The van der Waals surface area contributed by atoms with Gasteiger partial charge < -0.3 is 10.1 Å². The lowest BCUT2D eigenvalue weighted by atomic mass is 10.3. The van der Waals surface area contributed by atoms with E-state index in [4.69, 9.17) is 4.74 Å². The quantitative estimate of drug-likeness (QED) is 0.852. The average molecular weight is 214 g/mol. The van der Waals surface area contributed by atoms with E-state index in [0.717, 1.165) is 22.9 Å². The van der Waals surface area contributed by atoms with Crippen molar-refractivity contribution in [3.8, 4) is 5.75 Å². The molecule has 1 heterocycles. The molecule has 1 N–H and O–H groups in total. The molecule has 82 valence electrons. The molecule has 0 aliphatic heterocycles. The lowest BCUT2D eigenvalue weighted by Gasteiger charge is -2.08. The van der Waals surface area contributed by atoms with Gasteiger partial charge in [-0.25, -0.2) is 4.98 Å². The van der Waals surface area contributed by atoms with E-state index in [1.165, 1.54) is 0 Å². The fourth-order valence-electron chi connectivity index (χ4n) is 1.49. The summed E-state index contributed by atoms with van der Waals surface area (Å²) in [6, 6.07) is 13.7. The second kappa shape index (κ2) is 4.66. The Hall–Kier alpha value is -2.03. The van der Waals surface area contributed by atoms with Crippen molar-refractivity contribution in [2.75, 3.05) is 12.4 Å². The van der Waals surface area contributed by atoms with Crippen LogP contribution >= 0.6 is 0 Å². The van der Waals surface area contributed by atoms with Gasteiger partial charge in [-0.3, -0.25) is 0 Å². The minimum absolute atomic E-state index is 0.794. The van der Waals surface area contributed by atoms with E-state index in [9.17, 15) is 0 Å². The molecule has 1 aromatic carbocycles. The molecular weight excluding hydrogens is 200 g/mol. The maximum absolute atomic E-state index is 5.19. The van der Waals surface area contributed by atoms with Gasteiger partial charge in [-0.05, 0) is 19.1 Å². The Kier molecular flexibility index (Phi) is 3.05. The maximum Gasteiger partial charge on any atom is 0.134 e. The first-order valence-electron chi connectivity index (χ1n) is 5.12. The Morgan fingerprint density at radius 3 is 2.56 bits per heavy atom. The molecule has 0 aliphatic rings. The van der Waals surface area contributed by atoms with E-state index in [2.05, 4.69) is 10.3 Å². The Balaban J connectivity index is 2.24. The van der Waals surface area contributed by atoms with Crippen LogP contribution in [0, 0.1) is 6.92 Å². The highest BCUT2D eigenvalue weighted by molar-refractivity contribution is 5.57. The van der Waals surface area contributed by atoms with Crippen LogP contribution in [-0.4, -0.2) is 12.1 Å². The first-order chi connectivity index (χ1) is 7.78. The van der Waals surface area contributed by atoms with E-state index < -0.39 is 0 Å². The highest BCUT2D eigenvalue weighted by Gasteiger charge is 2.00. The van der Waals surface area contributed by atoms with Gasteiger partial charge in [0.1, 0.15) is 11.6 Å². The smallest absolute Gasteiger partial charge is 0.134 e. The van der Waals surface area contributed by atoms with Crippen LogP contribution in [-0.2, 0) is 0 Å². The molecule has 0 aliphatic carbocycles. The van der Waals surface area contributed by atoms with Crippen LogP contribution in [0.4, 0.5) is 11.5 Å². The van der Waals surface area contributed by atoms with Gasteiger partial charge in [-0.1, -0.05) is 18.2 Å². The molecule has 16 heavy (non-hydrogen) atoms. The Morgan fingerprint density at radius 1 is 1.12 bits per heavy atom. The molecule has 0 saturated heterocycles. The number of anilines is 2. The largest absolute Gasteiger partial charge is 0.497 e. The summed E-state index contributed by atoms with van der Waals surface area (Å²) in [5.41, 5.74) is 1.94. The van der Waals surface area contributed by atoms with Crippen molar-refractivity contribution in [2.45, 2.75) is 6.92 Å². The molecule has 0 amide bonds. The van der Waals surface area contributed by atoms with Gasteiger partial charge >= 0.3 is 0 Å². The third-order valence-corrected chi connectivity index (χ3v) is 2.21. The molecule has 0 saturated carbocycles. The van der Waals surface area contributed by atoms with Crippen LogP contribution in [0.2, 0.25) is 0 Å². The van der Waals surface area contributed by atoms with Gasteiger partial charge in [0.05, 0.1) is 7.11 Å². The number of methoxy groups -OCH3 is 1. The van der Waals surface area contributed by atoms with Crippen LogP contribution in [0.5, 0.6) is 5.75 Å². The number of aromatic nitrogens is 1. The fourth-order valence-corrected chi connectivity index (χ4v) is 1.49. The van der Waals surface area contributed by atoms with Gasteiger partial charge in [0, 0.05) is 23.5 Å². The van der Waals surface area contributed by atoms with E-state index in [1.54, 1.807) is 7.11 Å². The van der Waals surface area contributed by atoms with Gasteiger partial charge in [-0.2, -0.15) is 0 Å². The van der Waals surface area contributed by atoms with Crippen molar-refractivity contribution in [1.82, 2.24) is 4.98 Å². The second-order valence-corrected chi connectivity index (χ2v) is 3.52. The molecule has 0 unspecified atom stereocenters. The molecule has 0 spiro atoms. The molecular formula is C13H14N2O. The Bertz CT molecular complexity index is 469. The topological polar surface area (TPSA) is 34.1 Å². The zero-order valence-corrected chi connectivity index (χ0v) is 9.40. The van der Waals surface area contributed by atoms with E-state index in [1.807, 2.05) is 49.4 Å². The number of hydrogen-bond acceptors (Lipinski definition) is 3. The Morgan fingerprint density at radius 2 is 1.88 bits per heavy atom. The van der Waals surface area contributed by atoms with E-state index in [0.29, 0.717) is 0 Å². The number of benzene rings is 1. The summed E-state index contributed by atoms with van der Waals surface area (Å²) >= 11 is 0. The predicted octanol–water partition coefficient (Wildman–Crippen LogP) is 3.14. The van der Waals surface area contributed by atoms with Crippen LogP contribution in [0.1, 0.15) is 5.69 Å². The number of nitrogens with one attached hydrogen (secondary N) is 1. The van der Waals surface area contributed by atoms with Gasteiger partial charge in [0.25, 0.3) is 0 Å². The van der Waals surface area contributed by atoms with Crippen LogP contribution in [0.15, 0.2) is 42.5 Å². The zero-order valence-electron chi connectivity index (χ0n) is 9.40. The van der Waals surface area contributed by atoms with E-state index >= 15 is 0 Å². The Labute approximate surface area is 95.1 Å². The van der Waals surface area contributed by atoms with E-state index in [-0.39, 0.29) is 0 Å². The van der Waals surface area contributed by atoms with Crippen molar-refractivity contribution in [3.63, 3.8) is 0 Å². The molecule has 0 radical (unpaired) electrons. The third-order valence-electron chi connectivity index (χ3n) is 2.21. The number of aryl methyl sites for hydroxylation is 1. The molecule has 0 fully saturated rings. The molecule has 0 bridgehead atoms. The molecule has 3 nitrogen and oxygen atoms in total. The standard InChI is InChI=1S/C13H14N2O/c1-10-8-12(16-2)9-13(14-10)15-11-6-4-3-5-7-11/h3-9H,1-2H3,(H,14,15). The zero-order chi connectivity index (χ0) is 11.4. The van der Waals surface area contributed by atoms with Crippen molar-refractivity contribution >= 4 is 11.5 Å². The first-order valence-corrected chi connectivity index (χ1v) is 5.12. The first kappa shape index (κ1) is 10.5. The monoisotopic (exact) mass is 214 g/mol. The number of pyridine rings is 1. The summed E-state index contributed by atoms with van der Waals surface area (Å²) in [6.07, 6.45) is 0. The predicted molar refractivity (Wildman–Crippen MR) is 65.3 cm³/mol. The maximum atomic E-state index is 5.19. The highest BCUT2D eigenvalue weighted by Crippen LogP contribution is 2.20. The van der Waals surface area contributed by atoms with Crippen molar-refractivity contribution in [2.24, 2.45) is 0 Å². The van der Waals surface area contributed by atoms with Crippen LogP contribution < -0.4 is 10.1 Å². The molecule has 1 aromatic heterocycles. The summed E-state index contributed by atoms with van der Waals surface area (Å²) in [7, 11) is 1.65. The van der Waals surface area contributed by atoms with Crippen molar-refractivity contribution < 1.29 is 4.74 Å². The molecule has 3 heteroatoms. The number of ether oxygens (including phenoxy) is 1. The summed E-state index contributed by atoms with van der Waals surface area (Å²) in [6.45, 7) is 1.94. The second-order valence-electron chi connectivity index (χ2n) is 3.52. The van der Waals surface area contributed by atoms with Crippen LogP contribution in [0.3, 0.4) is 0 Å². The van der Waals surface area contributed by atoms with Crippen molar-refractivity contribution in [3.05, 3.63) is 48.2 Å². The van der Waals surface area contributed by atoms with Gasteiger partial charge in [0.15, 0.2) is 0 Å². The highest BCUT2D eigenvalue weighted by atomic mass is 16.5.